The van der Waals surface area contributed by atoms with Crippen molar-refractivity contribution >= 4 is 10.0 Å². The van der Waals surface area contributed by atoms with E-state index in [1.54, 1.807) is 11.2 Å². The predicted octanol–water partition coefficient (Wildman–Crippen LogP) is 0.409. The number of aliphatic hydroxyl groups is 1. The van der Waals surface area contributed by atoms with Crippen molar-refractivity contribution in [1.29, 1.82) is 0 Å². The highest BCUT2D eigenvalue weighted by atomic mass is 32.2. The molecule has 0 saturated carbocycles. The lowest BCUT2D eigenvalue weighted by molar-refractivity contribution is 0.180. The monoisotopic (exact) mass is 278 g/mol. The predicted molar refractivity (Wildman–Crippen MR) is 72.9 cm³/mol. The Morgan fingerprint density at radius 2 is 2.22 bits per heavy atom. The lowest BCUT2D eigenvalue weighted by Crippen LogP contribution is -2.42. The van der Waals surface area contributed by atoms with Crippen molar-refractivity contribution in [2.24, 2.45) is 5.92 Å². The molecule has 1 rings (SSSR count). The fourth-order valence-corrected chi connectivity index (χ4v) is 3.27. The summed E-state index contributed by atoms with van der Waals surface area (Å²) in [5, 5.41) is 12.5. The van der Waals surface area contributed by atoms with Crippen molar-refractivity contribution in [2.75, 3.05) is 32.4 Å². The van der Waals surface area contributed by atoms with Crippen LogP contribution in [0.1, 0.15) is 32.6 Å². The highest BCUT2D eigenvalue weighted by Gasteiger charge is 2.25. The van der Waals surface area contributed by atoms with Gasteiger partial charge in [-0.2, -0.15) is 0 Å². The first-order chi connectivity index (χ1) is 8.39. The topological polar surface area (TPSA) is 69.6 Å². The van der Waals surface area contributed by atoms with Gasteiger partial charge in [0.15, 0.2) is 0 Å². The van der Waals surface area contributed by atoms with Gasteiger partial charge in [0.1, 0.15) is 0 Å². The Balaban J connectivity index is 2.19. The molecular formula is C12H26N2O3S. The molecule has 1 fully saturated rings. The Kier molecular flexibility index (Phi) is 6.55. The highest BCUT2D eigenvalue weighted by Crippen LogP contribution is 2.17. The fraction of sp³-hybridized carbons (Fsp3) is 1.00. The van der Waals surface area contributed by atoms with Gasteiger partial charge in [0.25, 0.3) is 0 Å². The van der Waals surface area contributed by atoms with Crippen molar-refractivity contribution in [2.45, 2.75) is 38.7 Å². The first-order valence-corrected chi connectivity index (χ1v) is 8.58. The van der Waals surface area contributed by atoms with E-state index in [1.807, 2.05) is 0 Å². The van der Waals surface area contributed by atoms with Gasteiger partial charge in [-0.05, 0) is 51.6 Å². The number of hydrogen-bond acceptors (Lipinski definition) is 4. The summed E-state index contributed by atoms with van der Waals surface area (Å²) in [6.07, 6.45) is 4.86. The second-order valence-electron chi connectivity index (χ2n) is 5.32. The molecule has 1 aliphatic rings. The van der Waals surface area contributed by atoms with E-state index in [4.69, 9.17) is 5.11 Å². The van der Waals surface area contributed by atoms with Crippen LogP contribution in [-0.2, 0) is 10.0 Å². The third-order valence-electron chi connectivity index (χ3n) is 3.36. The highest BCUT2D eigenvalue weighted by molar-refractivity contribution is 7.88. The molecule has 0 spiro atoms. The SMILES string of the molecule is CC(O)CCCNCC1CCCN(S(C)(=O)=O)C1. The quantitative estimate of drug-likeness (QED) is 0.662. The van der Waals surface area contributed by atoms with E-state index in [-0.39, 0.29) is 6.10 Å². The minimum Gasteiger partial charge on any atom is -0.393 e. The molecule has 5 nitrogen and oxygen atoms in total. The molecule has 2 unspecified atom stereocenters. The fourth-order valence-electron chi connectivity index (χ4n) is 2.32. The molecule has 6 heteroatoms. The largest absolute Gasteiger partial charge is 0.393 e. The Morgan fingerprint density at radius 1 is 1.50 bits per heavy atom. The zero-order valence-electron chi connectivity index (χ0n) is 11.4. The van der Waals surface area contributed by atoms with E-state index >= 15 is 0 Å². The van der Waals surface area contributed by atoms with Gasteiger partial charge in [0, 0.05) is 13.1 Å². The van der Waals surface area contributed by atoms with Crippen LogP contribution in [-0.4, -0.2) is 56.4 Å². The minimum absolute atomic E-state index is 0.234. The van der Waals surface area contributed by atoms with Crippen LogP contribution in [0.3, 0.4) is 0 Å². The Hall–Kier alpha value is -0.170. The second-order valence-corrected chi connectivity index (χ2v) is 7.31. The number of aliphatic hydroxyl groups excluding tert-OH is 1. The summed E-state index contributed by atoms with van der Waals surface area (Å²) < 4.78 is 24.5. The number of hydrogen-bond donors (Lipinski definition) is 2. The summed E-state index contributed by atoms with van der Waals surface area (Å²) in [5.41, 5.74) is 0. The average Bonchev–Trinajstić information content (AvgIpc) is 2.27. The normalized spacial score (nSPS) is 24.1. The Bertz CT molecular complexity index is 330. The van der Waals surface area contributed by atoms with Gasteiger partial charge in [-0.3, -0.25) is 0 Å². The van der Waals surface area contributed by atoms with Crippen LogP contribution in [0.25, 0.3) is 0 Å². The van der Waals surface area contributed by atoms with Crippen molar-refractivity contribution in [3.05, 3.63) is 0 Å². The third kappa shape index (κ3) is 6.13. The van der Waals surface area contributed by atoms with E-state index in [2.05, 4.69) is 5.32 Å². The van der Waals surface area contributed by atoms with Crippen molar-refractivity contribution in [3.8, 4) is 0 Å². The first kappa shape index (κ1) is 15.9. The summed E-state index contributed by atoms with van der Waals surface area (Å²) in [6, 6.07) is 0. The number of sulfonamides is 1. The summed E-state index contributed by atoms with van der Waals surface area (Å²) in [4.78, 5) is 0. The van der Waals surface area contributed by atoms with E-state index in [0.717, 1.165) is 38.8 Å². The molecule has 0 aromatic heterocycles. The van der Waals surface area contributed by atoms with Crippen molar-refractivity contribution in [3.63, 3.8) is 0 Å². The molecular weight excluding hydrogens is 252 g/mol. The molecule has 1 saturated heterocycles. The molecule has 0 aliphatic carbocycles. The standard InChI is InChI=1S/C12H26N2O3S/c1-11(15)5-3-7-13-9-12-6-4-8-14(10-12)18(2,16)17/h11-13,15H,3-10H2,1-2H3. The number of piperidine rings is 1. The van der Waals surface area contributed by atoms with Crippen LogP contribution in [0.2, 0.25) is 0 Å². The van der Waals surface area contributed by atoms with Crippen molar-refractivity contribution < 1.29 is 13.5 Å². The molecule has 0 aromatic rings. The summed E-state index contributed by atoms with van der Waals surface area (Å²) >= 11 is 0. The van der Waals surface area contributed by atoms with Crippen LogP contribution in [0, 0.1) is 5.92 Å². The van der Waals surface area contributed by atoms with Gasteiger partial charge >= 0.3 is 0 Å². The summed E-state index contributed by atoms with van der Waals surface area (Å²) in [5.74, 6) is 0.417. The van der Waals surface area contributed by atoms with Gasteiger partial charge in [0.2, 0.25) is 10.0 Å². The van der Waals surface area contributed by atoms with Crippen LogP contribution in [0.4, 0.5) is 0 Å². The molecule has 0 amide bonds. The van der Waals surface area contributed by atoms with E-state index in [9.17, 15) is 8.42 Å². The van der Waals surface area contributed by atoms with E-state index < -0.39 is 10.0 Å². The van der Waals surface area contributed by atoms with Crippen LogP contribution in [0.15, 0.2) is 0 Å². The molecule has 2 atom stereocenters. The lowest BCUT2D eigenvalue weighted by atomic mass is 10.00. The molecule has 0 bridgehead atoms. The Morgan fingerprint density at radius 3 is 2.83 bits per heavy atom. The van der Waals surface area contributed by atoms with Crippen molar-refractivity contribution in [1.82, 2.24) is 9.62 Å². The molecule has 0 radical (unpaired) electrons. The molecule has 108 valence electrons. The second kappa shape index (κ2) is 7.43. The number of nitrogens with zero attached hydrogens (tertiary/aromatic N) is 1. The lowest BCUT2D eigenvalue weighted by Gasteiger charge is -2.31. The van der Waals surface area contributed by atoms with Gasteiger partial charge in [-0.25, -0.2) is 12.7 Å². The maximum atomic E-state index is 11.5. The third-order valence-corrected chi connectivity index (χ3v) is 4.63. The van der Waals surface area contributed by atoms with Crippen LogP contribution >= 0.6 is 0 Å². The van der Waals surface area contributed by atoms with Crippen LogP contribution in [0.5, 0.6) is 0 Å². The zero-order chi connectivity index (χ0) is 13.6. The van der Waals surface area contributed by atoms with Gasteiger partial charge < -0.3 is 10.4 Å². The smallest absolute Gasteiger partial charge is 0.211 e. The Labute approximate surface area is 111 Å². The molecule has 18 heavy (non-hydrogen) atoms. The maximum Gasteiger partial charge on any atom is 0.211 e. The summed E-state index contributed by atoms with van der Waals surface area (Å²) in [6.45, 7) is 4.86. The molecule has 1 heterocycles. The summed E-state index contributed by atoms with van der Waals surface area (Å²) in [7, 11) is -3.03. The van der Waals surface area contributed by atoms with E-state index in [0.29, 0.717) is 19.0 Å². The minimum atomic E-state index is -3.03. The molecule has 0 aromatic carbocycles. The molecule has 2 N–H and O–H groups in total. The average molecular weight is 278 g/mol. The van der Waals surface area contributed by atoms with E-state index in [1.165, 1.54) is 6.26 Å². The number of nitrogens with one attached hydrogen (secondary N) is 1. The van der Waals surface area contributed by atoms with Crippen LogP contribution < -0.4 is 5.32 Å². The van der Waals surface area contributed by atoms with Gasteiger partial charge in [-0.15, -0.1) is 0 Å². The zero-order valence-corrected chi connectivity index (χ0v) is 12.2. The molecule has 1 aliphatic heterocycles. The van der Waals surface area contributed by atoms with Gasteiger partial charge in [0.05, 0.1) is 12.4 Å². The number of rotatable bonds is 7. The first-order valence-electron chi connectivity index (χ1n) is 6.73. The van der Waals surface area contributed by atoms with Gasteiger partial charge in [-0.1, -0.05) is 0 Å². The maximum absolute atomic E-state index is 11.5.